The molecule has 1 aliphatic rings. The van der Waals surface area contributed by atoms with Crippen LogP contribution in [0.15, 0.2) is 42.7 Å². The van der Waals surface area contributed by atoms with Crippen LogP contribution in [0.25, 0.3) is 0 Å². The number of anilines is 1. The van der Waals surface area contributed by atoms with Crippen molar-refractivity contribution in [2.75, 3.05) is 18.4 Å². The molecule has 0 atom stereocenters. The van der Waals surface area contributed by atoms with Crippen LogP contribution in [0.5, 0.6) is 0 Å². The number of carbonyl (C=O) groups excluding carboxylic acids is 1. The minimum atomic E-state index is 0.00450. The number of benzene rings is 1. The van der Waals surface area contributed by atoms with Gasteiger partial charge in [0, 0.05) is 25.7 Å². The van der Waals surface area contributed by atoms with Crippen LogP contribution in [0.4, 0.5) is 5.82 Å². The number of aromatic nitrogens is 2. The molecule has 0 aliphatic carbocycles. The zero-order chi connectivity index (χ0) is 15.2. The van der Waals surface area contributed by atoms with Crippen LogP contribution in [0.2, 0.25) is 0 Å². The normalized spacial score (nSPS) is 14.6. The maximum Gasteiger partial charge on any atom is 0.272 e. The number of amides is 1. The van der Waals surface area contributed by atoms with Crippen LogP contribution in [0.3, 0.4) is 0 Å². The van der Waals surface area contributed by atoms with Crippen LogP contribution >= 0.6 is 0 Å². The van der Waals surface area contributed by atoms with Crippen molar-refractivity contribution in [2.45, 2.75) is 25.8 Å². The first kappa shape index (κ1) is 14.5. The molecule has 22 heavy (non-hydrogen) atoms. The summed E-state index contributed by atoms with van der Waals surface area (Å²) in [5.41, 5.74) is 1.64. The van der Waals surface area contributed by atoms with Gasteiger partial charge in [0.25, 0.3) is 5.91 Å². The average molecular weight is 296 g/mol. The van der Waals surface area contributed by atoms with E-state index in [9.17, 15) is 4.79 Å². The second-order valence-electron chi connectivity index (χ2n) is 5.48. The molecule has 0 bridgehead atoms. The van der Waals surface area contributed by atoms with Gasteiger partial charge in [0.05, 0.1) is 0 Å². The molecule has 1 aromatic heterocycles. The highest BCUT2D eigenvalue weighted by Crippen LogP contribution is 2.13. The second-order valence-corrected chi connectivity index (χ2v) is 5.48. The number of likely N-dealkylation sites (tertiary alicyclic amines) is 1. The van der Waals surface area contributed by atoms with E-state index < -0.39 is 0 Å². The lowest BCUT2D eigenvalue weighted by molar-refractivity contribution is 0.0718. The smallest absolute Gasteiger partial charge is 0.272 e. The monoisotopic (exact) mass is 296 g/mol. The summed E-state index contributed by atoms with van der Waals surface area (Å²) in [6, 6.07) is 11.8. The Hall–Kier alpha value is -2.43. The molecule has 1 saturated heterocycles. The van der Waals surface area contributed by atoms with Gasteiger partial charge in [0.2, 0.25) is 0 Å². The molecule has 0 saturated carbocycles. The quantitative estimate of drug-likeness (QED) is 0.942. The first-order chi connectivity index (χ1) is 10.8. The topological polar surface area (TPSA) is 58.1 Å². The predicted octanol–water partition coefficient (Wildman–Crippen LogP) is 2.71. The molecule has 2 heterocycles. The lowest BCUT2D eigenvalue weighted by Crippen LogP contribution is -2.36. The number of piperidine rings is 1. The summed E-state index contributed by atoms with van der Waals surface area (Å²) in [7, 11) is 0. The summed E-state index contributed by atoms with van der Waals surface area (Å²) in [5.74, 6) is 0.684. The SMILES string of the molecule is O=C(c1cc(NCc2ccccc2)ncn1)N1CCCCC1. The lowest BCUT2D eigenvalue weighted by Gasteiger charge is -2.26. The minimum Gasteiger partial charge on any atom is -0.366 e. The summed E-state index contributed by atoms with van der Waals surface area (Å²) >= 11 is 0. The van der Waals surface area contributed by atoms with Gasteiger partial charge in [-0.1, -0.05) is 30.3 Å². The Kier molecular flexibility index (Phi) is 4.63. The highest BCUT2D eigenvalue weighted by molar-refractivity contribution is 5.92. The Balaban J connectivity index is 1.65. The fraction of sp³-hybridized carbons (Fsp3) is 0.353. The molecule has 2 aromatic rings. The van der Waals surface area contributed by atoms with E-state index in [1.54, 1.807) is 6.07 Å². The molecule has 0 unspecified atom stereocenters. The van der Waals surface area contributed by atoms with Crippen molar-refractivity contribution in [3.8, 4) is 0 Å². The third-order valence-corrected chi connectivity index (χ3v) is 3.85. The van der Waals surface area contributed by atoms with Crippen LogP contribution < -0.4 is 5.32 Å². The van der Waals surface area contributed by atoms with E-state index in [0.717, 1.165) is 25.9 Å². The summed E-state index contributed by atoms with van der Waals surface area (Å²) in [6.07, 6.45) is 4.81. The summed E-state index contributed by atoms with van der Waals surface area (Å²) in [4.78, 5) is 22.6. The molecule has 5 heteroatoms. The van der Waals surface area contributed by atoms with Gasteiger partial charge in [0.1, 0.15) is 17.8 Å². The Bertz CT molecular complexity index is 624. The van der Waals surface area contributed by atoms with Gasteiger partial charge >= 0.3 is 0 Å². The van der Waals surface area contributed by atoms with Crippen molar-refractivity contribution >= 4 is 11.7 Å². The van der Waals surface area contributed by atoms with E-state index in [1.807, 2.05) is 35.2 Å². The van der Waals surface area contributed by atoms with E-state index in [1.165, 1.54) is 18.3 Å². The van der Waals surface area contributed by atoms with Crippen molar-refractivity contribution in [2.24, 2.45) is 0 Å². The van der Waals surface area contributed by atoms with Gasteiger partial charge in [0.15, 0.2) is 0 Å². The van der Waals surface area contributed by atoms with Crippen molar-refractivity contribution in [1.29, 1.82) is 0 Å². The van der Waals surface area contributed by atoms with Crippen molar-refractivity contribution < 1.29 is 4.79 Å². The lowest BCUT2D eigenvalue weighted by atomic mass is 10.1. The van der Waals surface area contributed by atoms with Crippen molar-refractivity contribution in [3.05, 3.63) is 54.0 Å². The maximum absolute atomic E-state index is 12.4. The predicted molar refractivity (Wildman–Crippen MR) is 85.6 cm³/mol. The Morgan fingerprint density at radius 1 is 1.09 bits per heavy atom. The van der Waals surface area contributed by atoms with Crippen LogP contribution in [0, 0.1) is 0 Å². The zero-order valence-electron chi connectivity index (χ0n) is 12.5. The Labute approximate surface area is 130 Å². The molecule has 1 aromatic carbocycles. The third kappa shape index (κ3) is 3.61. The second kappa shape index (κ2) is 7.02. The van der Waals surface area contributed by atoms with Crippen LogP contribution in [0.1, 0.15) is 35.3 Å². The highest BCUT2D eigenvalue weighted by atomic mass is 16.2. The van der Waals surface area contributed by atoms with E-state index in [2.05, 4.69) is 15.3 Å². The van der Waals surface area contributed by atoms with Gasteiger partial charge in [-0.2, -0.15) is 0 Å². The number of rotatable bonds is 4. The first-order valence-corrected chi connectivity index (χ1v) is 7.72. The summed E-state index contributed by atoms with van der Waals surface area (Å²) < 4.78 is 0. The molecule has 1 fully saturated rings. The van der Waals surface area contributed by atoms with E-state index >= 15 is 0 Å². The first-order valence-electron chi connectivity index (χ1n) is 7.72. The van der Waals surface area contributed by atoms with E-state index in [4.69, 9.17) is 0 Å². The van der Waals surface area contributed by atoms with Gasteiger partial charge < -0.3 is 10.2 Å². The van der Waals surface area contributed by atoms with E-state index in [-0.39, 0.29) is 5.91 Å². The molecule has 3 rings (SSSR count). The van der Waals surface area contributed by atoms with Crippen LogP contribution in [-0.4, -0.2) is 33.9 Å². The van der Waals surface area contributed by atoms with Gasteiger partial charge in [-0.25, -0.2) is 9.97 Å². The molecular formula is C17H20N4O. The van der Waals surface area contributed by atoms with Gasteiger partial charge in [-0.05, 0) is 24.8 Å². The number of hydrogen-bond donors (Lipinski definition) is 1. The van der Waals surface area contributed by atoms with Gasteiger partial charge in [-0.3, -0.25) is 4.79 Å². The van der Waals surface area contributed by atoms with Gasteiger partial charge in [-0.15, -0.1) is 0 Å². The molecule has 1 amide bonds. The molecule has 114 valence electrons. The number of nitrogens with one attached hydrogen (secondary N) is 1. The largest absolute Gasteiger partial charge is 0.366 e. The minimum absolute atomic E-state index is 0.00450. The number of nitrogens with zero attached hydrogens (tertiary/aromatic N) is 3. The maximum atomic E-state index is 12.4. The summed E-state index contributed by atoms with van der Waals surface area (Å²) in [5, 5.41) is 3.24. The molecule has 0 radical (unpaired) electrons. The molecule has 0 spiro atoms. The standard InChI is InChI=1S/C17H20N4O/c22-17(21-9-5-2-6-10-21)15-11-16(20-13-19-15)18-12-14-7-3-1-4-8-14/h1,3-4,7-8,11,13H,2,5-6,9-10,12H2,(H,18,19,20). The fourth-order valence-corrected chi connectivity index (χ4v) is 2.62. The van der Waals surface area contributed by atoms with Crippen molar-refractivity contribution in [1.82, 2.24) is 14.9 Å². The molecule has 1 aliphatic heterocycles. The van der Waals surface area contributed by atoms with Crippen molar-refractivity contribution in [3.63, 3.8) is 0 Å². The third-order valence-electron chi connectivity index (χ3n) is 3.85. The molecular weight excluding hydrogens is 276 g/mol. The Morgan fingerprint density at radius 3 is 2.64 bits per heavy atom. The molecule has 1 N–H and O–H groups in total. The Morgan fingerprint density at radius 2 is 1.86 bits per heavy atom. The fourth-order valence-electron chi connectivity index (χ4n) is 2.62. The number of hydrogen-bond acceptors (Lipinski definition) is 4. The van der Waals surface area contributed by atoms with E-state index in [0.29, 0.717) is 18.1 Å². The average Bonchev–Trinajstić information content (AvgIpc) is 2.61. The van der Waals surface area contributed by atoms with Crippen LogP contribution in [-0.2, 0) is 6.54 Å². The summed E-state index contributed by atoms with van der Waals surface area (Å²) in [6.45, 7) is 2.33. The highest BCUT2D eigenvalue weighted by Gasteiger charge is 2.19. The number of carbonyl (C=O) groups is 1. The molecule has 5 nitrogen and oxygen atoms in total. The zero-order valence-corrected chi connectivity index (χ0v) is 12.5.